The van der Waals surface area contributed by atoms with Crippen LogP contribution in [0, 0.1) is 5.92 Å². The Labute approximate surface area is 144 Å². The Balaban J connectivity index is 1.88. The normalized spacial score (nSPS) is 18.5. The van der Waals surface area contributed by atoms with Gasteiger partial charge >= 0.3 is 0 Å². The third kappa shape index (κ3) is 5.03. The highest BCUT2D eigenvalue weighted by molar-refractivity contribution is 7.88. The fourth-order valence-corrected chi connectivity index (χ4v) is 3.94. The van der Waals surface area contributed by atoms with Gasteiger partial charge in [-0.15, -0.1) is 0 Å². The average Bonchev–Trinajstić information content (AvgIpc) is 2.55. The van der Waals surface area contributed by atoms with Crippen LogP contribution in [0.3, 0.4) is 0 Å². The van der Waals surface area contributed by atoms with Crippen LogP contribution in [-0.4, -0.2) is 63.5 Å². The van der Waals surface area contributed by atoms with E-state index in [1.807, 2.05) is 32.3 Å². The first-order valence-electron chi connectivity index (χ1n) is 8.23. The van der Waals surface area contributed by atoms with Crippen LogP contribution in [0.4, 0.5) is 0 Å². The fourth-order valence-electron chi connectivity index (χ4n) is 3.06. The molecule has 1 unspecified atom stereocenters. The third-order valence-corrected chi connectivity index (χ3v) is 5.87. The van der Waals surface area contributed by atoms with E-state index in [2.05, 4.69) is 22.3 Å². The van der Waals surface area contributed by atoms with Crippen molar-refractivity contribution < 1.29 is 13.2 Å². The van der Waals surface area contributed by atoms with Gasteiger partial charge in [-0.3, -0.25) is 4.79 Å². The number of likely N-dealkylation sites (N-methyl/N-ethyl adjacent to an activating group) is 1. The predicted molar refractivity (Wildman–Crippen MR) is 95.0 cm³/mol. The maximum absolute atomic E-state index is 12.4. The number of piperidine rings is 1. The molecule has 0 aromatic heterocycles. The molecule has 1 saturated heterocycles. The summed E-state index contributed by atoms with van der Waals surface area (Å²) in [5.41, 5.74) is 1.16. The number of carbonyl (C=O) groups excluding carboxylic acids is 1. The molecule has 1 aromatic carbocycles. The highest BCUT2D eigenvalue weighted by Gasteiger charge is 2.29. The molecule has 1 aromatic rings. The van der Waals surface area contributed by atoms with Gasteiger partial charge in [0.1, 0.15) is 0 Å². The quantitative estimate of drug-likeness (QED) is 0.831. The van der Waals surface area contributed by atoms with Gasteiger partial charge in [0, 0.05) is 25.6 Å². The van der Waals surface area contributed by atoms with Crippen LogP contribution in [0.2, 0.25) is 0 Å². The Morgan fingerprint density at radius 2 is 1.83 bits per heavy atom. The Kier molecular flexibility index (Phi) is 6.37. The van der Waals surface area contributed by atoms with Crippen molar-refractivity contribution in [1.82, 2.24) is 14.5 Å². The van der Waals surface area contributed by atoms with E-state index >= 15 is 0 Å². The summed E-state index contributed by atoms with van der Waals surface area (Å²) in [6, 6.07) is 10.2. The Morgan fingerprint density at radius 3 is 2.33 bits per heavy atom. The molecule has 1 heterocycles. The van der Waals surface area contributed by atoms with Gasteiger partial charge in [-0.05, 0) is 32.5 Å². The summed E-state index contributed by atoms with van der Waals surface area (Å²) < 4.78 is 24.5. The highest BCUT2D eigenvalue weighted by atomic mass is 32.2. The van der Waals surface area contributed by atoms with E-state index in [0.717, 1.165) is 5.56 Å². The number of hydrogen-bond acceptors (Lipinski definition) is 4. The first-order chi connectivity index (χ1) is 11.3. The number of carbonyl (C=O) groups is 1. The van der Waals surface area contributed by atoms with E-state index in [-0.39, 0.29) is 17.9 Å². The van der Waals surface area contributed by atoms with Crippen LogP contribution < -0.4 is 5.32 Å². The number of nitrogens with zero attached hydrogens (tertiary/aromatic N) is 2. The Morgan fingerprint density at radius 1 is 1.25 bits per heavy atom. The molecule has 6 nitrogen and oxygen atoms in total. The molecule has 2 rings (SSSR count). The number of hydrogen-bond donors (Lipinski definition) is 1. The largest absolute Gasteiger partial charge is 0.354 e. The molecular formula is C17H27N3O3S. The molecule has 0 bridgehead atoms. The molecule has 1 aliphatic heterocycles. The molecule has 0 spiro atoms. The average molecular weight is 353 g/mol. The molecule has 24 heavy (non-hydrogen) atoms. The van der Waals surface area contributed by atoms with E-state index in [1.165, 1.54) is 10.6 Å². The van der Waals surface area contributed by atoms with Crippen molar-refractivity contribution in [1.29, 1.82) is 0 Å². The van der Waals surface area contributed by atoms with Crippen LogP contribution in [0.25, 0.3) is 0 Å². The van der Waals surface area contributed by atoms with Gasteiger partial charge in [-0.25, -0.2) is 12.7 Å². The molecule has 7 heteroatoms. The summed E-state index contributed by atoms with van der Waals surface area (Å²) in [7, 11) is 0.836. The molecule has 0 saturated carbocycles. The van der Waals surface area contributed by atoms with E-state index < -0.39 is 10.0 Å². The summed E-state index contributed by atoms with van der Waals surface area (Å²) in [6.45, 7) is 1.39. The first kappa shape index (κ1) is 18.9. The minimum Gasteiger partial charge on any atom is -0.354 e. The van der Waals surface area contributed by atoms with Crippen molar-refractivity contribution in [3.63, 3.8) is 0 Å². The Bertz CT molecular complexity index is 638. The van der Waals surface area contributed by atoms with Crippen LogP contribution in [0.1, 0.15) is 24.4 Å². The standard InChI is InChI=1S/C17H27N3O3S/c1-19(2)16(14-7-5-4-6-8-14)13-18-17(21)15-9-11-20(12-10-15)24(3,22)23/h4-8,15-16H,9-13H2,1-3H3,(H,18,21). The van der Waals surface area contributed by atoms with E-state index in [0.29, 0.717) is 32.5 Å². The van der Waals surface area contributed by atoms with Crippen LogP contribution in [-0.2, 0) is 14.8 Å². The number of benzene rings is 1. The fraction of sp³-hybridized carbons (Fsp3) is 0.588. The molecular weight excluding hydrogens is 326 g/mol. The van der Waals surface area contributed by atoms with Gasteiger partial charge < -0.3 is 10.2 Å². The third-order valence-electron chi connectivity index (χ3n) is 4.57. The van der Waals surface area contributed by atoms with Gasteiger partial charge in [0.25, 0.3) is 0 Å². The summed E-state index contributed by atoms with van der Waals surface area (Å²) in [4.78, 5) is 14.5. The zero-order valence-electron chi connectivity index (χ0n) is 14.6. The van der Waals surface area contributed by atoms with Crippen molar-refractivity contribution in [2.75, 3.05) is 40.0 Å². The summed E-state index contributed by atoms with van der Waals surface area (Å²) >= 11 is 0. The SMILES string of the molecule is CN(C)C(CNC(=O)C1CCN(S(C)(=O)=O)CC1)c1ccccc1. The van der Waals surface area contributed by atoms with Crippen molar-refractivity contribution in [2.24, 2.45) is 5.92 Å². The highest BCUT2D eigenvalue weighted by Crippen LogP contribution is 2.21. The van der Waals surface area contributed by atoms with E-state index in [1.54, 1.807) is 0 Å². The summed E-state index contributed by atoms with van der Waals surface area (Å²) in [5.74, 6) is -0.0903. The van der Waals surface area contributed by atoms with Crippen LogP contribution in [0.5, 0.6) is 0 Å². The van der Waals surface area contributed by atoms with Crippen molar-refractivity contribution >= 4 is 15.9 Å². The van der Waals surface area contributed by atoms with Crippen molar-refractivity contribution in [2.45, 2.75) is 18.9 Å². The second-order valence-electron chi connectivity index (χ2n) is 6.57. The number of rotatable bonds is 6. The topological polar surface area (TPSA) is 69.7 Å². The maximum atomic E-state index is 12.4. The second-order valence-corrected chi connectivity index (χ2v) is 8.55. The van der Waals surface area contributed by atoms with Gasteiger partial charge in [-0.1, -0.05) is 30.3 Å². The van der Waals surface area contributed by atoms with E-state index in [4.69, 9.17) is 0 Å². The molecule has 0 radical (unpaired) electrons. The van der Waals surface area contributed by atoms with Gasteiger partial charge in [-0.2, -0.15) is 0 Å². The number of amides is 1. The molecule has 0 aliphatic carbocycles. The minimum atomic E-state index is -3.15. The van der Waals surface area contributed by atoms with Crippen LogP contribution >= 0.6 is 0 Å². The molecule has 1 N–H and O–H groups in total. The lowest BCUT2D eigenvalue weighted by atomic mass is 9.97. The maximum Gasteiger partial charge on any atom is 0.223 e. The lowest BCUT2D eigenvalue weighted by molar-refractivity contribution is -0.126. The van der Waals surface area contributed by atoms with Gasteiger partial charge in [0.05, 0.1) is 12.3 Å². The lowest BCUT2D eigenvalue weighted by Crippen LogP contribution is -2.44. The van der Waals surface area contributed by atoms with Gasteiger partial charge in [0.15, 0.2) is 0 Å². The zero-order chi connectivity index (χ0) is 17.7. The number of nitrogens with one attached hydrogen (secondary N) is 1. The molecule has 1 amide bonds. The van der Waals surface area contributed by atoms with Crippen LogP contribution in [0.15, 0.2) is 30.3 Å². The first-order valence-corrected chi connectivity index (χ1v) is 10.1. The predicted octanol–water partition coefficient (Wildman–Crippen LogP) is 1.08. The van der Waals surface area contributed by atoms with Gasteiger partial charge in [0.2, 0.25) is 15.9 Å². The van der Waals surface area contributed by atoms with E-state index in [9.17, 15) is 13.2 Å². The Hall–Kier alpha value is -1.44. The smallest absolute Gasteiger partial charge is 0.223 e. The second kappa shape index (κ2) is 8.09. The molecule has 134 valence electrons. The number of sulfonamides is 1. The monoisotopic (exact) mass is 353 g/mol. The lowest BCUT2D eigenvalue weighted by Gasteiger charge is -2.30. The molecule has 1 atom stereocenters. The van der Waals surface area contributed by atoms with Crippen molar-refractivity contribution in [3.05, 3.63) is 35.9 Å². The summed E-state index contributed by atoms with van der Waals surface area (Å²) in [6.07, 6.45) is 2.38. The minimum absolute atomic E-state index is 0.0194. The molecule has 1 fully saturated rings. The van der Waals surface area contributed by atoms with Crippen molar-refractivity contribution in [3.8, 4) is 0 Å². The molecule has 1 aliphatic rings. The zero-order valence-corrected chi connectivity index (χ0v) is 15.4. The summed E-state index contributed by atoms with van der Waals surface area (Å²) in [5, 5.41) is 3.04.